The molecule has 3 heteroatoms. The van der Waals surface area contributed by atoms with Crippen molar-refractivity contribution in [3.8, 4) is 0 Å². The van der Waals surface area contributed by atoms with Gasteiger partial charge in [-0.2, -0.15) is 0 Å². The van der Waals surface area contributed by atoms with Gasteiger partial charge in [-0.25, -0.2) is 0 Å². The lowest BCUT2D eigenvalue weighted by atomic mass is 9.84. The van der Waals surface area contributed by atoms with Gasteiger partial charge in [-0.15, -0.1) is 0 Å². The Morgan fingerprint density at radius 1 is 1.38 bits per heavy atom. The van der Waals surface area contributed by atoms with Crippen LogP contribution in [0.15, 0.2) is 0 Å². The van der Waals surface area contributed by atoms with Gasteiger partial charge in [-0.1, -0.05) is 19.8 Å². The van der Waals surface area contributed by atoms with E-state index in [0.29, 0.717) is 6.04 Å². The number of hydrogen-bond acceptors (Lipinski definition) is 3. The third kappa shape index (κ3) is 4.81. The number of rotatable bonds is 6. The smallest absolute Gasteiger partial charge is 0.0638 e. The fraction of sp³-hybridized carbons (Fsp3) is 1.00. The van der Waals surface area contributed by atoms with Crippen LogP contribution in [0.4, 0.5) is 0 Å². The van der Waals surface area contributed by atoms with E-state index < -0.39 is 0 Å². The normalized spacial score (nSPS) is 28.3. The first-order valence-electron chi connectivity index (χ1n) is 6.73. The molecule has 0 bridgehead atoms. The van der Waals surface area contributed by atoms with E-state index in [1.807, 2.05) is 6.92 Å². The van der Waals surface area contributed by atoms with Gasteiger partial charge in [-0.05, 0) is 39.3 Å². The highest BCUT2D eigenvalue weighted by molar-refractivity contribution is 4.82. The molecule has 2 N–H and O–H groups in total. The summed E-state index contributed by atoms with van der Waals surface area (Å²) in [5, 5.41) is 13.0. The first-order valence-corrected chi connectivity index (χ1v) is 6.73. The van der Waals surface area contributed by atoms with Crippen LogP contribution < -0.4 is 5.32 Å². The maximum Gasteiger partial charge on any atom is 0.0638 e. The number of nitrogens with zero attached hydrogens (tertiary/aromatic N) is 1. The van der Waals surface area contributed by atoms with Crippen molar-refractivity contribution in [3.05, 3.63) is 0 Å². The van der Waals surface area contributed by atoms with E-state index in [2.05, 4.69) is 24.2 Å². The first-order chi connectivity index (χ1) is 7.63. The van der Waals surface area contributed by atoms with Crippen LogP contribution in [0.5, 0.6) is 0 Å². The van der Waals surface area contributed by atoms with E-state index in [1.165, 1.54) is 25.7 Å². The lowest BCUT2D eigenvalue weighted by Crippen LogP contribution is -2.44. The van der Waals surface area contributed by atoms with Gasteiger partial charge in [0.25, 0.3) is 0 Å². The molecule has 0 amide bonds. The minimum Gasteiger partial charge on any atom is -0.392 e. The van der Waals surface area contributed by atoms with Crippen molar-refractivity contribution < 1.29 is 5.11 Å². The minimum absolute atomic E-state index is 0.217. The molecule has 0 aromatic carbocycles. The summed E-state index contributed by atoms with van der Waals surface area (Å²) >= 11 is 0. The SMILES string of the molecule is CCNC1CCCCC1CN(C)CC(C)O. The van der Waals surface area contributed by atoms with E-state index in [4.69, 9.17) is 0 Å². The Morgan fingerprint density at radius 3 is 2.69 bits per heavy atom. The Balaban J connectivity index is 2.36. The van der Waals surface area contributed by atoms with Crippen molar-refractivity contribution in [1.29, 1.82) is 0 Å². The lowest BCUT2D eigenvalue weighted by Gasteiger charge is -2.35. The van der Waals surface area contributed by atoms with Gasteiger partial charge in [0.1, 0.15) is 0 Å². The van der Waals surface area contributed by atoms with Crippen LogP contribution in [0.1, 0.15) is 39.5 Å². The monoisotopic (exact) mass is 228 g/mol. The maximum atomic E-state index is 9.36. The Kier molecular flexibility index (Phi) is 6.32. The molecule has 1 aliphatic carbocycles. The summed E-state index contributed by atoms with van der Waals surface area (Å²) < 4.78 is 0. The van der Waals surface area contributed by atoms with Crippen molar-refractivity contribution in [2.24, 2.45) is 5.92 Å². The third-order valence-electron chi connectivity index (χ3n) is 3.50. The number of aliphatic hydroxyl groups excluding tert-OH is 1. The van der Waals surface area contributed by atoms with E-state index >= 15 is 0 Å². The van der Waals surface area contributed by atoms with Gasteiger partial charge >= 0.3 is 0 Å². The fourth-order valence-electron chi connectivity index (χ4n) is 2.88. The number of hydrogen-bond donors (Lipinski definition) is 2. The maximum absolute atomic E-state index is 9.36. The van der Waals surface area contributed by atoms with Crippen molar-refractivity contribution in [3.63, 3.8) is 0 Å². The Hall–Kier alpha value is -0.120. The van der Waals surface area contributed by atoms with Crippen LogP contribution in [0, 0.1) is 5.92 Å². The molecule has 0 radical (unpaired) electrons. The quantitative estimate of drug-likeness (QED) is 0.722. The molecule has 1 aliphatic rings. The molecule has 3 unspecified atom stereocenters. The van der Waals surface area contributed by atoms with E-state index in [1.54, 1.807) is 0 Å². The molecule has 0 saturated heterocycles. The van der Waals surface area contributed by atoms with Gasteiger partial charge in [0, 0.05) is 19.1 Å². The summed E-state index contributed by atoms with van der Waals surface area (Å²) in [7, 11) is 2.12. The average Bonchev–Trinajstić information content (AvgIpc) is 2.20. The highest BCUT2D eigenvalue weighted by Crippen LogP contribution is 2.25. The van der Waals surface area contributed by atoms with Gasteiger partial charge in [0.05, 0.1) is 6.10 Å². The predicted molar refractivity (Wildman–Crippen MR) is 68.6 cm³/mol. The molecule has 16 heavy (non-hydrogen) atoms. The molecule has 0 heterocycles. The molecule has 3 atom stereocenters. The van der Waals surface area contributed by atoms with E-state index in [-0.39, 0.29) is 6.10 Å². The standard InChI is InChI=1S/C13H28N2O/c1-4-14-13-8-6-5-7-12(13)10-15(3)9-11(2)16/h11-14,16H,4-10H2,1-3H3. The second-order valence-corrected chi connectivity index (χ2v) is 5.28. The summed E-state index contributed by atoms with van der Waals surface area (Å²) in [5.74, 6) is 0.762. The predicted octanol–water partition coefficient (Wildman–Crippen LogP) is 1.47. The van der Waals surface area contributed by atoms with Gasteiger partial charge in [-0.3, -0.25) is 0 Å². The second kappa shape index (κ2) is 7.25. The summed E-state index contributed by atoms with van der Waals surface area (Å²) in [5.41, 5.74) is 0. The van der Waals surface area contributed by atoms with Crippen LogP contribution in [0.2, 0.25) is 0 Å². The zero-order valence-electron chi connectivity index (χ0n) is 11.1. The summed E-state index contributed by atoms with van der Waals surface area (Å²) in [6, 6.07) is 0.690. The van der Waals surface area contributed by atoms with Crippen LogP contribution in [0.25, 0.3) is 0 Å². The highest BCUT2D eigenvalue weighted by Gasteiger charge is 2.25. The molecule has 0 aliphatic heterocycles. The van der Waals surface area contributed by atoms with Crippen LogP contribution in [0.3, 0.4) is 0 Å². The Morgan fingerprint density at radius 2 is 2.06 bits per heavy atom. The summed E-state index contributed by atoms with van der Waals surface area (Å²) in [6.07, 6.45) is 5.18. The first kappa shape index (κ1) is 13.9. The molecule has 1 fully saturated rings. The van der Waals surface area contributed by atoms with Crippen molar-refractivity contribution in [2.45, 2.75) is 51.7 Å². The van der Waals surface area contributed by atoms with Crippen molar-refractivity contribution >= 4 is 0 Å². The fourth-order valence-corrected chi connectivity index (χ4v) is 2.88. The topological polar surface area (TPSA) is 35.5 Å². The van der Waals surface area contributed by atoms with Gasteiger partial charge in [0.2, 0.25) is 0 Å². The van der Waals surface area contributed by atoms with Crippen LogP contribution >= 0.6 is 0 Å². The summed E-state index contributed by atoms with van der Waals surface area (Å²) in [6.45, 7) is 7.02. The van der Waals surface area contributed by atoms with Crippen LogP contribution in [-0.4, -0.2) is 48.8 Å². The van der Waals surface area contributed by atoms with E-state index in [0.717, 1.165) is 25.6 Å². The highest BCUT2D eigenvalue weighted by atomic mass is 16.3. The van der Waals surface area contributed by atoms with Crippen molar-refractivity contribution in [1.82, 2.24) is 10.2 Å². The molecule has 0 aromatic rings. The lowest BCUT2D eigenvalue weighted by molar-refractivity contribution is 0.117. The molecule has 0 aromatic heterocycles. The molecular formula is C13H28N2O. The van der Waals surface area contributed by atoms with Crippen LogP contribution in [-0.2, 0) is 0 Å². The van der Waals surface area contributed by atoms with E-state index in [9.17, 15) is 5.11 Å². The molecular weight excluding hydrogens is 200 g/mol. The van der Waals surface area contributed by atoms with Crippen molar-refractivity contribution in [2.75, 3.05) is 26.7 Å². The molecule has 3 nitrogen and oxygen atoms in total. The van der Waals surface area contributed by atoms with Gasteiger partial charge < -0.3 is 15.3 Å². The third-order valence-corrected chi connectivity index (χ3v) is 3.50. The minimum atomic E-state index is -0.217. The zero-order valence-corrected chi connectivity index (χ0v) is 11.1. The van der Waals surface area contributed by atoms with Gasteiger partial charge in [0.15, 0.2) is 0 Å². The average molecular weight is 228 g/mol. The number of aliphatic hydroxyl groups is 1. The number of nitrogens with one attached hydrogen (secondary N) is 1. The zero-order chi connectivity index (χ0) is 12.0. The molecule has 0 spiro atoms. The Labute approximate surface area is 100 Å². The number of likely N-dealkylation sites (N-methyl/N-ethyl adjacent to an activating group) is 1. The largest absolute Gasteiger partial charge is 0.392 e. The molecule has 1 rings (SSSR count). The molecule has 96 valence electrons. The Bertz CT molecular complexity index is 183. The second-order valence-electron chi connectivity index (χ2n) is 5.28. The molecule has 1 saturated carbocycles. The summed E-state index contributed by atoms with van der Waals surface area (Å²) in [4.78, 5) is 2.27.